The summed E-state index contributed by atoms with van der Waals surface area (Å²) in [6.07, 6.45) is 4.87. The van der Waals surface area contributed by atoms with E-state index >= 15 is 0 Å². The summed E-state index contributed by atoms with van der Waals surface area (Å²) in [7, 11) is 0. The highest BCUT2D eigenvalue weighted by Gasteiger charge is 2.16. The van der Waals surface area contributed by atoms with E-state index in [1.54, 1.807) is 0 Å². The number of aryl methyl sites for hydroxylation is 2. The van der Waals surface area contributed by atoms with E-state index in [9.17, 15) is 4.79 Å². The van der Waals surface area contributed by atoms with Crippen LogP contribution in [-0.4, -0.2) is 27.3 Å². The van der Waals surface area contributed by atoms with Gasteiger partial charge in [-0.05, 0) is 61.7 Å². The summed E-state index contributed by atoms with van der Waals surface area (Å²) in [5, 5.41) is 11.7. The molecule has 2 aromatic carbocycles. The summed E-state index contributed by atoms with van der Waals surface area (Å²) < 4.78 is 7.87. The van der Waals surface area contributed by atoms with Crippen LogP contribution in [-0.2, 0) is 17.8 Å². The fourth-order valence-electron chi connectivity index (χ4n) is 3.59. The summed E-state index contributed by atoms with van der Waals surface area (Å²) in [6.45, 7) is 3.33. The number of hydrogen-bond acceptors (Lipinski definition) is 4. The zero-order chi connectivity index (χ0) is 20.1. The predicted octanol–water partition coefficient (Wildman–Crippen LogP) is 4.39. The lowest BCUT2D eigenvalue weighted by atomic mass is 10.2. The first-order chi connectivity index (χ1) is 14.2. The number of benzene rings is 2. The second-order valence-corrected chi connectivity index (χ2v) is 7.44. The van der Waals surface area contributed by atoms with Crippen LogP contribution in [0.2, 0.25) is 0 Å². The fourth-order valence-corrected chi connectivity index (χ4v) is 3.59. The highest BCUT2D eigenvalue weighted by atomic mass is 16.5. The third-order valence-electron chi connectivity index (χ3n) is 5.12. The second-order valence-electron chi connectivity index (χ2n) is 7.44. The van der Waals surface area contributed by atoms with Crippen molar-refractivity contribution >= 4 is 11.6 Å². The maximum Gasteiger partial charge on any atom is 0.227 e. The van der Waals surface area contributed by atoms with Gasteiger partial charge in [-0.1, -0.05) is 18.6 Å². The van der Waals surface area contributed by atoms with Crippen molar-refractivity contribution in [3.63, 3.8) is 0 Å². The molecule has 29 heavy (non-hydrogen) atoms. The molecule has 150 valence electrons. The van der Waals surface area contributed by atoms with Crippen LogP contribution in [0.1, 0.15) is 37.1 Å². The molecule has 0 bridgehead atoms. The minimum absolute atomic E-state index is 0.0678. The minimum Gasteiger partial charge on any atom is -0.493 e. The first-order valence-corrected chi connectivity index (χ1v) is 10.2. The smallest absolute Gasteiger partial charge is 0.227 e. The van der Waals surface area contributed by atoms with Crippen LogP contribution in [0.5, 0.6) is 5.75 Å². The van der Waals surface area contributed by atoms with Gasteiger partial charge in [0.2, 0.25) is 5.91 Å². The molecule has 0 aliphatic carbocycles. The molecule has 0 spiro atoms. The van der Waals surface area contributed by atoms with Crippen LogP contribution in [0.3, 0.4) is 0 Å². The van der Waals surface area contributed by atoms with Crippen LogP contribution in [0.4, 0.5) is 5.69 Å². The number of aromatic nitrogens is 3. The maximum atomic E-state index is 12.2. The third kappa shape index (κ3) is 4.83. The Balaban J connectivity index is 1.32. The van der Waals surface area contributed by atoms with Crippen LogP contribution >= 0.6 is 0 Å². The second kappa shape index (κ2) is 8.90. The molecule has 0 unspecified atom stereocenters. The molecule has 1 aliphatic heterocycles. The average Bonchev–Trinajstić information content (AvgIpc) is 2.97. The van der Waals surface area contributed by atoms with Crippen LogP contribution < -0.4 is 10.1 Å². The van der Waals surface area contributed by atoms with E-state index in [1.165, 1.54) is 12.8 Å². The van der Waals surface area contributed by atoms with Crippen molar-refractivity contribution in [1.29, 1.82) is 0 Å². The largest absolute Gasteiger partial charge is 0.493 e. The fraction of sp³-hybridized carbons (Fsp3) is 0.348. The molecular weight excluding hydrogens is 364 g/mol. The van der Waals surface area contributed by atoms with Crippen molar-refractivity contribution in [2.75, 3.05) is 11.9 Å². The van der Waals surface area contributed by atoms with Crippen molar-refractivity contribution in [2.45, 2.75) is 45.6 Å². The Morgan fingerprint density at radius 2 is 1.97 bits per heavy atom. The van der Waals surface area contributed by atoms with E-state index in [1.807, 2.05) is 55.5 Å². The molecule has 0 atom stereocenters. The van der Waals surface area contributed by atoms with Gasteiger partial charge in [0.25, 0.3) is 0 Å². The molecule has 6 nitrogen and oxygen atoms in total. The number of ether oxygens (including phenoxy) is 1. The van der Waals surface area contributed by atoms with Gasteiger partial charge in [-0.2, -0.15) is 0 Å². The number of rotatable bonds is 6. The monoisotopic (exact) mass is 390 g/mol. The lowest BCUT2D eigenvalue weighted by Crippen LogP contribution is -2.15. The van der Waals surface area contributed by atoms with Gasteiger partial charge in [-0.3, -0.25) is 4.79 Å². The number of amides is 1. The molecule has 0 saturated carbocycles. The summed E-state index contributed by atoms with van der Waals surface area (Å²) in [6, 6.07) is 15.6. The van der Waals surface area contributed by atoms with Gasteiger partial charge >= 0.3 is 0 Å². The van der Waals surface area contributed by atoms with E-state index in [-0.39, 0.29) is 5.91 Å². The van der Waals surface area contributed by atoms with Crippen LogP contribution in [0.15, 0.2) is 48.5 Å². The molecular formula is C23H26N4O2. The SMILES string of the molecule is Cc1cccc(OCCC(=O)Nc2ccc(-c3nnc4n3CCCCC4)cc2)c1. The van der Waals surface area contributed by atoms with Gasteiger partial charge in [-0.15, -0.1) is 10.2 Å². The third-order valence-corrected chi connectivity index (χ3v) is 5.12. The van der Waals surface area contributed by atoms with Crippen molar-refractivity contribution in [3.8, 4) is 17.1 Å². The Hall–Kier alpha value is -3.15. The number of carbonyl (C=O) groups excluding carboxylic acids is 1. The summed E-state index contributed by atoms with van der Waals surface area (Å²) in [5.41, 5.74) is 2.92. The van der Waals surface area contributed by atoms with Gasteiger partial charge in [0.1, 0.15) is 11.6 Å². The molecule has 3 aromatic rings. The Kier molecular flexibility index (Phi) is 5.89. The van der Waals surface area contributed by atoms with Gasteiger partial charge in [-0.25, -0.2) is 0 Å². The molecule has 6 heteroatoms. The quantitative estimate of drug-likeness (QED) is 0.678. The first-order valence-electron chi connectivity index (χ1n) is 10.2. The lowest BCUT2D eigenvalue weighted by molar-refractivity contribution is -0.116. The number of fused-ring (bicyclic) bond motifs is 1. The van der Waals surface area contributed by atoms with Crippen molar-refractivity contribution < 1.29 is 9.53 Å². The van der Waals surface area contributed by atoms with Gasteiger partial charge in [0.15, 0.2) is 5.82 Å². The van der Waals surface area contributed by atoms with Gasteiger partial charge in [0, 0.05) is 24.2 Å². The van der Waals surface area contributed by atoms with Crippen LogP contribution in [0, 0.1) is 6.92 Å². The molecule has 0 saturated heterocycles. The number of nitrogens with zero attached hydrogens (tertiary/aromatic N) is 3. The number of nitrogens with one attached hydrogen (secondary N) is 1. The minimum atomic E-state index is -0.0678. The highest BCUT2D eigenvalue weighted by molar-refractivity contribution is 5.91. The van der Waals surface area contributed by atoms with Gasteiger partial charge < -0.3 is 14.6 Å². The lowest BCUT2D eigenvalue weighted by Gasteiger charge is -2.09. The molecule has 1 aliphatic rings. The zero-order valence-electron chi connectivity index (χ0n) is 16.7. The Labute approximate surface area is 170 Å². The predicted molar refractivity (Wildman–Crippen MR) is 113 cm³/mol. The summed E-state index contributed by atoms with van der Waals surface area (Å²) in [4.78, 5) is 12.2. The molecule has 1 amide bonds. The van der Waals surface area contributed by atoms with Crippen molar-refractivity contribution in [3.05, 3.63) is 59.9 Å². The standard InChI is InChI=1S/C23H26N4O2/c1-17-6-5-7-20(16-17)29-15-13-22(28)24-19-11-9-18(10-12-19)23-26-25-21-8-3-2-4-14-27(21)23/h5-7,9-12,16H,2-4,8,13-15H2,1H3,(H,24,28). The summed E-state index contributed by atoms with van der Waals surface area (Å²) >= 11 is 0. The zero-order valence-corrected chi connectivity index (χ0v) is 16.7. The van der Waals surface area contributed by atoms with E-state index in [2.05, 4.69) is 20.1 Å². The Morgan fingerprint density at radius 3 is 2.79 bits per heavy atom. The van der Waals surface area contributed by atoms with E-state index in [0.717, 1.165) is 53.6 Å². The summed E-state index contributed by atoms with van der Waals surface area (Å²) in [5.74, 6) is 2.70. The van der Waals surface area contributed by atoms with Crippen LogP contribution in [0.25, 0.3) is 11.4 Å². The average molecular weight is 390 g/mol. The van der Waals surface area contributed by atoms with Gasteiger partial charge in [0.05, 0.1) is 13.0 Å². The Bertz CT molecular complexity index is 979. The topological polar surface area (TPSA) is 69.0 Å². The highest BCUT2D eigenvalue weighted by Crippen LogP contribution is 2.24. The van der Waals surface area contributed by atoms with Crippen molar-refractivity contribution in [1.82, 2.24) is 14.8 Å². The molecule has 1 aromatic heterocycles. The van der Waals surface area contributed by atoms with E-state index < -0.39 is 0 Å². The van der Waals surface area contributed by atoms with E-state index in [4.69, 9.17) is 4.74 Å². The maximum absolute atomic E-state index is 12.2. The molecule has 1 N–H and O–H groups in total. The molecule has 4 rings (SSSR count). The van der Waals surface area contributed by atoms with E-state index in [0.29, 0.717) is 13.0 Å². The first kappa shape index (κ1) is 19.2. The molecule has 2 heterocycles. The number of anilines is 1. The number of hydrogen-bond donors (Lipinski definition) is 1. The van der Waals surface area contributed by atoms with Crippen molar-refractivity contribution in [2.24, 2.45) is 0 Å². The molecule has 0 radical (unpaired) electrons. The Morgan fingerprint density at radius 1 is 1.10 bits per heavy atom. The molecule has 0 fully saturated rings. The normalized spacial score (nSPS) is 13.4. The number of carbonyl (C=O) groups is 1.